The number of anilines is 2. The molecule has 0 saturated heterocycles. The van der Waals surface area contributed by atoms with Crippen LogP contribution in [-0.2, 0) is 0 Å². The molecule has 3 atom stereocenters. The van der Waals surface area contributed by atoms with Crippen molar-refractivity contribution < 1.29 is 24.2 Å². The van der Waals surface area contributed by atoms with Crippen molar-refractivity contribution in [1.29, 1.82) is 0 Å². The Bertz CT molecular complexity index is 1300. The largest absolute Gasteiger partial charge is 0.487 e. The van der Waals surface area contributed by atoms with Crippen LogP contribution < -0.4 is 15.4 Å². The summed E-state index contributed by atoms with van der Waals surface area (Å²) in [6, 6.07) is 16.5. The maximum absolute atomic E-state index is 13.6. The van der Waals surface area contributed by atoms with Crippen LogP contribution in [0.1, 0.15) is 34.6 Å². The van der Waals surface area contributed by atoms with Gasteiger partial charge in [0, 0.05) is 48.8 Å². The lowest BCUT2D eigenvalue weighted by Gasteiger charge is -2.38. The number of carbonyl (C=O) groups excluding carboxylic acids is 3. The number of aliphatic hydroxyl groups is 1. The van der Waals surface area contributed by atoms with E-state index in [1.807, 2.05) is 37.3 Å². The number of aromatic nitrogens is 1. The van der Waals surface area contributed by atoms with Gasteiger partial charge in [0.2, 0.25) is 0 Å². The molecule has 3 aromatic rings. The molecule has 1 aliphatic heterocycles. The number of benzene rings is 2. The highest BCUT2D eigenvalue weighted by atomic mass is 16.5. The third-order valence-corrected chi connectivity index (χ3v) is 6.69. The summed E-state index contributed by atoms with van der Waals surface area (Å²) in [6.07, 6.45) is 2.60. The Morgan fingerprint density at radius 3 is 2.51 bits per heavy atom. The Labute approximate surface area is 227 Å². The first-order chi connectivity index (χ1) is 18.8. The van der Waals surface area contributed by atoms with Crippen molar-refractivity contribution in [2.24, 2.45) is 5.92 Å². The Kier molecular flexibility index (Phi) is 8.77. The molecule has 10 heteroatoms. The topological polar surface area (TPSA) is 124 Å². The second-order valence-corrected chi connectivity index (χ2v) is 9.70. The zero-order chi connectivity index (χ0) is 27.9. The van der Waals surface area contributed by atoms with E-state index in [0.29, 0.717) is 29.2 Å². The summed E-state index contributed by atoms with van der Waals surface area (Å²) in [5.41, 5.74) is 1.80. The monoisotopic (exact) mass is 531 g/mol. The summed E-state index contributed by atoms with van der Waals surface area (Å²) in [4.78, 5) is 46.2. The van der Waals surface area contributed by atoms with Gasteiger partial charge in [-0.3, -0.25) is 14.6 Å². The lowest BCUT2D eigenvalue weighted by molar-refractivity contribution is 0.0371. The van der Waals surface area contributed by atoms with E-state index in [9.17, 15) is 19.5 Å². The number of urea groups is 1. The molecule has 4 amide bonds. The van der Waals surface area contributed by atoms with Gasteiger partial charge >= 0.3 is 6.03 Å². The number of amides is 4. The zero-order valence-corrected chi connectivity index (χ0v) is 22.2. The van der Waals surface area contributed by atoms with E-state index >= 15 is 0 Å². The SMILES string of the molecule is C[C@H]1CN([C@@H](C)CO)C(=O)c2cc(NC(=O)c3ccncc3)ccc2O[C@@H]1CN(C)C(=O)Nc1ccccc1. The van der Waals surface area contributed by atoms with Crippen LogP contribution in [0.2, 0.25) is 0 Å². The van der Waals surface area contributed by atoms with Gasteiger partial charge in [0.15, 0.2) is 0 Å². The molecule has 1 aromatic heterocycles. The van der Waals surface area contributed by atoms with Crippen LogP contribution in [0, 0.1) is 5.92 Å². The van der Waals surface area contributed by atoms with Crippen molar-refractivity contribution in [2.75, 3.05) is 37.4 Å². The predicted octanol–water partition coefficient (Wildman–Crippen LogP) is 3.72. The highest BCUT2D eigenvalue weighted by Crippen LogP contribution is 2.31. The fourth-order valence-corrected chi connectivity index (χ4v) is 4.32. The van der Waals surface area contributed by atoms with Gasteiger partial charge in [-0.2, -0.15) is 0 Å². The first kappa shape index (κ1) is 27.6. The Hall–Kier alpha value is -4.44. The standard InChI is InChI=1S/C29H33N5O5/c1-19-16-34(20(2)18-35)28(37)24-15-23(31-27(36)21-11-13-30-14-12-21)9-10-25(24)39-26(19)17-33(3)29(38)32-22-7-5-4-6-8-22/h4-15,19-20,26,35H,16-18H2,1-3H3,(H,31,36)(H,32,38)/t19-,20-,26+/m0/s1. The number of hydrogen-bond donors (Lipinski definition) is 3. The number of nitrogens with zero attached hydrogens (tertiary/aromatic N) is 3. The van der Waals surface area contributed by atoms with Crippen molar-refractivity contribution in [3.63, 3.8) is 0 Å². The van der Waals surface area contributed by atoms with Crippen LogP contribution in [0.3, 0.4) is 0 Å². The molecule has 0 aliphatic carbocycles. The van der Waals surface area contributed by atoms with Crippen molar-refractivity contribution in [2.45, 2.75) is 26.0 Å². The molecule has 0 saturated carbocycles. The Morgan fingerprint density at radius 1 is 1.10 bits per heavy atom. The molecule has 0 bridgehead atoms. The quantitative estimate of drug-likeness (QED) is 0.427. The van der Waals surface area contributed by atoms with Crippen LogP contribution in [0.5, 0.6) is 5.75 Å². The molecule has 3 N–H and O–H groups in total. The number of pyridine rings is 1. The van der Waals surface area contributed by atoms with Gasteiger partial charge in [-0.05, 0) is 49.4 Å². The van der Waals surface area contributed by atoms with Crippen molar-refractivity contribution in [3.05, 3.63) is 84.2 Å². The minimum absolute atomic E-state index is 0.158. The number of fused-ring (bicyclic) bond motifs is 1. The van der Waals surface area contributed by atoms with E-state index in [1.165, 1.54) is 12.4 Å². The molecule has 39 heavy (non-hydrogen) atoms. The number of aliphatic hydroxyl groups excluding tert-OH is 1. The van der Waals surface area contributed by atoms with E-state index in [1.54, 1.807) is 54.1 Å². The van der Waals surface area contributed by atoms with E-state index in [4.69, 9.17) is 4.74 Å². The summed E-state index contributed by atoms with van der Waals surface area (Å²) in [5, 5.41) is 15.6. The number of rotatable bonds is 7. The number of carbonyl (C=O) groups is 3. The van der Waals surface area contributed by atoms with Gasteiger partial charge in [0.05, 0.1) is 24.8 Å². The third kappa shape index (κ3) is 6.71. The fraction of sp³-hybridized carbons (Fsp3) is 0.310. The first-order valence-corrected chi connectivity index (χ1v) is 12.8. The Morgan fingerprint density at radius 2 is 1.82 bits per heavy atom. The summed E-state index contributed by atoms with van der Waals surface area (Å²) >= 11 is 0. The molecule has 0 unspecified atom stereocenters. The van der Waals surface area contributed by atoms with Crippen molar-refractivity contribution in [3.8, 4) is 5.75 Å². The second kappa shape index (κ2) is 12.4. The maximum atomic E-state index is 13.6. The van der Waals surface area contributed by atoms with Gasteiger partial charge in [-0.15, -0.1) is 0 Å². The second-order valence-electron chi connectivity index (χ2n) is 9.70. The van der Waals surface area contributed by atoms with Crippen LogP contribution in [0.25, 0.3) is 0 Å². The van der Waals surface area contributed by atoms with Gasteiger partial charge in [-0.25, -0.2) is 4.79 Å². The molecule has 10 nitrogen and oxygen atoms in total. The number of ether oxygens (including phenoxy) is 1. The summed E-state index contributed by atoms with van der Waals surface area (Å²) in [7, 11) is 1.69. The average Bonchev–Trinajstić information content (AvgIpc) is 2.95. The smallest absolute Gasteiger partial charge is 0.321 e. The lowest BCUT2D eigenvalue weighted by Crippen LogP contribution is -2.50. The fourth-order valence-electron chi connectivity index (χ4n) is 4.32. The molecule has 204 valence electrons. The molecular weight excluding hydrogens is 498 g/mol. The molecule has 4 rings (SSSR count). The van der Waals surface area contributed by atoms with E-state index in [-0.39, 0.29) is 42.5 Å². The minimum Gasteiger partial charge on any atom is -0.487 e. The van der Waals surface area contributed by atoms with Gasteiger partial charge in [-0.1, -0.05) is 25.1 Å². The van der Waals surface area contributed by atoms with Crippen LogP contribution in [-0.4, -0.2) is 76.6 Å². The molecular formula is C29H33N5O5. The molecule has 2 heterocycles. The molecule has 2 aromatic carbocycles. The molecule has 1 aliphatic rings. The van der Waals surface area contributed by atoms with E-state index in [0.717, 1.165) is 0 Å². The molecule has 0 fully saturated rings. The summed E-state index contributed by atoms with van der Waals surface area (Å²) in [6.45, 7) is 4.08. The maximum Gasteiger partial charge on any atom is 0.321 e. The number of para-hydroxylation sites is 1. The first-order valence-electron chi connectivity index (χ1n) is 12.8. The van der Waals surface area contributed by atoms with E-state index in [2.05, 4.69) is 15.6 Å². The average molecular weight is 532 g/mol. The van der Waals surface area contributed by atoms with Gasteiger partial charge in [0.25, 0.3) is 11.8 Å². The lowest BCUT2D eigenvalue weighted by atomic mass is 9.99. The number of likely N-dealkylation sites (N-methyl/N-ethyl adjacent to an activating group) is 1. The van der Waals surface area contributed by atoms with Crippen LogP contribution in [0.4, 0.5) is 16.2 Å². The highest BCUT2D eigenvalue weighted by Gasteiger charge is 2.34. The number of hydrogen-bond acceptors (Lipinski definition) is 6. The summed E-state index contributed by atoms with van der Waals surface area (Å²) in [5.74, 6) is -0.471. The highest BCUT2D eigenvalue weighted by molar-refractivity contribution is 6.05. The molecule has 0 spiro atoms. The minimum atomic E-state index is -0.450. The molecule has 0 radical (unpaired) electrons. The van der Waals surface area contributed by atoms with Gasteiger partial charge in [0.1, 0.15) is 11.9 Å². The van der Waals surface area contributed by atoms with Crippen LogP contribution in [0.15, 0.2) is 73.1 Å². The normalized spacial score (nSPS) is 17.6. The van der Waals surface area contributed by atoms with E-state index < -0.39 is 12.1 Å². The zero-order valence-electron chi connectivity index (χ0n) is 22.2. The van der Waals surface area contributed by atoms with Gasteiger partial charge < -0.3 is 30.3 Å². The van der Waals surface area contributed by atoms with Crippen molar-refractivity contribution in [1.82, 2.24) is 14.8 Å². The summed E-state index contributed by atoms with van der Waals surface area (Å²) < 4.78 is 6.34. The van der Waals surface area contributed by atoms with Crippen molar-refractivity contribution >= 4 is 29.2 Å². The third-order valence-electron chi connectivity index (χ3n) is 6.69. The predicted molar refractivity (Wildman–Crippen MR) is 148 cm³/mol. The number of nitrogens with one attached hydrogen (secondary N) is 2. The Balaban J connectivity index is 1.59. The van der Waals surface area contributed by atoms with Crippen LogP contribution >= 0.6 is 0 Å².